The van der Waals surface area contributed by atoms with Crippen molar-refractivity contribution in [2.24, 2.45) is 4.99 Å². The Morgan fingerprint density at radius 2 is 1.83 bits per heavy atom. The average Bonchev–Trinajstić information content (AvgIpc) is 2.59. The molecule has 0 unspecified atom stereocenters. The van der Waals surface area contributed by atoms with Gasteiger partial charge in [-0.2, -0.15) is 0 Å². The summed E-state index contributed by atoms with van der Waals surface area (Å²) < 4.78 is 5.46. The topological polar surface area (TPSA) is 82.3 Å². The van der Waals surface area contributed by atoms with Gasteiger partial charge in [-0.05, 0) is 43.2 Å². The number of aromatic hydroxyl groups is 2. The molecule has 5 heteroatoms. The zero-order valence-corrected chi connectivity index (χ0v) is 13.9. The molecule has 0 bridgehead atoms. The summed E-state index contributed by atoms with van der Waals surface area (Å²) in [7, 11) is 0. The minimum absolute atomic E-state index is 0.0821. The summed E-state index contributed by atoms with van der Waals surface area (Å²) >= 11 is 0. The number of aliphatic hydroxyl groups excluding tert-OH is 1. The number of ether oxygens (including phenoxy) is 1. The van der Waals surface area contributed by atoms with Crippen molar-refractivity contribution in [1.29, 1.82) is 0 Å². The number of nitrogens with zero attached hydrogens (tertiary/aromatic N) is 1. The van der Waals surface area contributed by atoms with Crippen molar-refractivity contribution in [3.63, 3.8) is 0 Å². The molecule has 2 atom stereocenters. The number of benzene rings is 2. The second-order valence-corrected chi connectivity index (χ2v) is 5.62. The fourth-order valence-corrected chi connectivity index (χ4v) is 2.17. The van der Waals surface area contributed by atoms with Gasteiger partial charge in [0.25, 0.3) is 0 Å². The highest BCUT2D eigenvalue weighted by molar-refractivity contribution is 5.83. The highest BCUT2D eigenvalue weighted by Crippen LogP contribution is 2.24. The third-order valence-corrected chi connectivity index (χ3v) is 3.62. The van der Waals surface area contributed by atoms with Crippen LogP contribution in [-0.4, -0.2) is 34.2 Å². The van der Waals surface area contributed by atoms with Crippen molar-refractivity contribution in [2.45, 2.75) is 32.4 Å². The Kier molecular flexibility index (Phi) is 6.21. The van der Waals surface area contributed by atoms with Crippen LogP contribution in [0.25, 0.3) is 0 Å². The summed E-state index contributed by atoms with van der Waals surface area (Å²) in [5.74, 6) is 0.847. The fourth-order valence-electron chi connectivity index (χ4n) is 2.17. The molecule has 0 saturated heterocycles. The van der Waals surface area contributed by atoms with Crippen LogP contribution >= 0.6 is 0 Å². The lowest BCUT2D eigenvalue weighted by Gasteiger charge is -2.15. The summed E-state index contributed by atoms with van der Waals surface area (Å²) in [5.41, 5.74) is 1.23. The zero-order chi connectivity index (χ0) is 17.5. The van der Waals surface area contributed by atoms with Gasteiger partial charge in [-0.1, -0.05) is 19.1 Å². The number of hydrogen-bond acceptors (Lipinski definition) is 5. The Morgan fingerprint density at radius 3 is 2.46 bits per heavy atom. The minimum atomic E-state index is -0.795. The van der Waals surface area contributed by atoms with Crippen molar-refractivity contribution < 1.29 is 20.1 Å². The van der Waals surface area contributed by atoms with E-state index in [0.29, 0.717) is 23.5 Å². The molecule has 0 heterocycles. The Hall–Kier alpha value is -2.53. The minimum Gasteiger partial charge on any atom is -0.508 e. The first-order chi connectivity index (χ1) is 11.5. The molecule has 2 aromatic carbocycles. The van der Waals surface area contributed by atoms with Crippen LogP contribution in [0, 0.1) is 0 Å². The van der Waals surface area contributed by atoms with Crippen molar-refractivity contribution in [3.8, 4) is 17.2 Å². The van der Waals surface area contributed by atoms with Gasteiger partial charge in [-0.25, -0.2) is 0 Å². The molecule has 128 valence electrons. The van der Waals surface area contributed by atoms with E-state index in [4.69, 9.17) is 4.74 Å². The second-order valence-electron chi connectivity index (χ2n) is 5.62. The number of rotatable bonds is 7. The molecule has 0 fully saturated rings. The number of aliphatic imine (C=N–C) groups is 1. The van der Waals surface area contributed by atoms with E-state index in [-0.39, 0.29) is 11.5 Å². The van der Waals surface area contributed by atoms with Crippen molar-refractivity contribution in [1.82, 2.24) is 0 Å². The Morgan fingerprint density at radius 1 is 1.12 bits per heavy atom. The first-order valence-electron chi connectivity index (χ1n) is 7.97. The molecule has 0 amide bonds. The van der Waals surface area contributed by atoms with Gasteiger partial charge >= 0.3 is 0 Å². The van der Waals surface area contributed by atoms with Gasteiger partial charge in [0.15, 0.2) is 0 Å². The molecule has 3 N–H and O–H groups in total. The van der Waals surface area contributed by atoms with Crippen molar-refractivity contribution >= 4 is 6.21 Å². The van der Waals surface area contributed by atoms with E-state index in [1.807, 2.05) is 6.92 Å². The van der Waals surface area contributed by atoms with Gasteiger partial charge in [0, 0.05) is 17.8 Å². The van der Waals surface area contributed by atoms with E-state index in [1.165, 1.54) is 18.3 Å². The molecule has 0 saturated carbocycles. The van der Waals surface area contributed by atoms with Crippen LogP contribution in [0.1, 0.15) is 37.5 Å². The third-order valence-electron chi connectivity index (χ3n) is 3.62. The lowest BCUT2D eigenvalue weighted by atomic mass is 10.0. The number of hydrogen-bond donors (Lipinski definition) is 3. The van der Waals surface area contributed by atoms with E-state index >= 15 is 0 Å². The monoisotopic (exact) mass is 329 g/mol. The maximum absolute atomic E-state index is 10.3. The van der Waals surface area contributed by atoms with E-state index in [2.05, 4.69) is 4.99 Å². The smallest absolute Gasteiger partial charge is 0.128 e. The molecule has 0 aliphatic carbocycles. The Labute approximate surface area is 141 Å². The van der Waals surface area contributed by atoms with Crippen LogP contribution in [0.2, 0.25) is 0 Å². The van der Waals surface area contributed by atoms with Crippen LogP contribution in [0.3, 0.4) is 0 Å². The fraction of sp³-hybridized carbons (Fsp3) is 0.316. The number of aliphatic hydroxyl groups is 1. The lowest BCUT2D eigenvalue weighted by Crippen LogP contribution is -2.12. The zero-order valence-electron chi connectivity index (χ0n) is 13.9. The molecule has 5 nitrogen and oxygen atoms in total. The van der Waals surface area contributed by atoms with Crippen molar-refractivity contribution in [3.05, 3.63) is 53.6 Å². The van der Waals surface area contributed by atoms with E-state index in [1.54, 1.807) is 37.3 Å². The molecule has 2 aromatic rings. The number of phenolic OH excluding ortho intramolecular Hbond substituents is 2. The van der Waals surface area contributed by atoms with Crippen LogP contribution in [-0.2, 0) is 0 Å². The standard InChI is InChI=1S/C19H23NO4/c1-3-10-24-17-9-6-15(18(22)11-17)12-20-13(2)19(23)14-4-7-16(21)8-5-14/h4-9,11-13,19,21-23H,3,10H2,1-2H3/t13-,19-/m1/s1. The summed E-state index contributed by atoms with van der Waals surface area (Å²) in [4.78, 5) is 4.31. The molecule has 2 rings (SSSR count). The Bertz CT molecular complexity index is 682. The number of phenols is 2. The third kappa shape index (κ3) is 4.73. The van der Waals surface area contributed by atoms with Gasteiger partial charge in [-0.15, -0.1) is 0 Å². The summed E-state index contributed by atoms with van der Waals surface area (Å²) in [6.07, 6.45) is 1.64. The normalized spacial score (nSPS) is 13.8. The maximum atomic E-state index is 10.3. The van der Waals surface area contributed by atoms with Crippen molar-refractivity contribution in [2.75, 3.05) is 6.61 Å². The van der Waals surface area contributed by atoms with Crippen LogP contribution in [0.15, 0.2) is 47.5 Å². The first-order valence-corrected chi connectivity index (χ1v) is 7.97. The largest absolute Gasteiger partial charge is 0.508 e. The molecular formula is C19H23NO4. The first kappa shape index (κ1) is 17.8. The van der Waals surface area contributed by atoms with E-state index in [9.17, 15) is 15.3 Å². The highest BCUT2D eigenvalue weighted by Gasteiger charge is 2.15. The van der Waals surface area contributed by atoms with Crippen LogP contribution in [0.5, 0.6) is 17.2 Å². The molecule has 0 aliphatic heterocycles. The maximum Gasteiger partial charge on any atom is 0.128 e. The van der Waals surface area contributed by atoms with Crippen LogP contribution in [0.4, 0.5) is 0 Å². The van der Waals surface area contributed by atoms with Gasteiger partial charge in [0.1, 0.15) is 23.4 Å². The quantitative estimate of drug-likeness (QED) is 0.680. The molecule has 0 spiro atoms. The average molecular weight is 329 g/mol. The lowest BCUT2D eigenvalue weighted by molar-refractivity contribution is 0.154. The van der Waals surface area contributed by atoms with Gasteiger partial charge < -0.3 is 20.1 Å². The van der Waals surface area contributed by atoms with Crippen LogP contribution < -0.4 is 4.74 Å². The predicted octanol–water partition coefficient (Wildman–Crippen LogP) is 3.43. The SMILES string of the molecule is CCCOc1ccc(C=N[C@H](C)[C@@H](O)c2ccc(O)cc2)c(O)c1. The van der Waals surface area contributed by atoms with Gasteiger partial charge in [0.05, 0.1) is 12.6 Å². The summed E-state index contributed by atoms with van der Waals surface area (Å²) in [6, 6.07) is 11.0. The summed E-state index contributed by atoms with van der Waals surface area (Å²) in [6.45, 7) is 4.40. The van der Waals surface area contributed by atoms with Gasteiger partial charge in [0.2, 0.25) is 0 Å². The predicted molar refractivity (Wildman–Crippen MR) is 94.0 cm³/mol. The second kappa shape index (κ2) is 8.36. The molecule has 0 radical (unpaired) electrons. The molecule has 0 aromatic heterocycles. The molecule has 24 heavy (non-hydrogen) atoms. The molecule has 0 aliphatic rings. The van der Waals surface area contributed by atoms with E-state index < -0.39 is 12.1 Å². The van der Waals surface area contributed by atoms with Gasteiger partial charge in [-0.3, -0.25) is 4.99 Å². The molecular weight excluding hydrogens is 306 g/mol. The van der Waals surface area contributed by atoms with E-state index in [0.717, 1.165) is 6.42 Å². The Balaban J connectivity index is 2.05. The summed E-state index contributed by atoms with van der Waals surface area (Å²) in [5, 5.41) is 29.6. The highest BCUT2D eigenvalue weighted by atomic mass is 16.5.